The first-order valence-electron chi connectivity index (χ1n) is 2.03. The summed E-state index contributed by atoms with van der Waals surface area (Å²) in [6.07, 6.45) is 3.20. The minimum Gasteiger partial charge on any atom is -0.367 e. The van der Waals surface area contributed by atoms with E-state index in [0.29, 0.717) is 0 Å². The van der Waals surface area contributed by atoms with E-state index in [1.165, 1.54) is 12.1 Å². The second-order valence-corrected chi connectivity index (χ2v) is 1.24. The van der Waals surface area contributed by atoms with Crippen molar-refractivity contribution in [1.82, 2.24) is 4.98 Å². The number of hydrogen-bond acceptors (Lipinski definition) is 1. The standard InChI is InChI=1S/C5H5NO.Ru/c7-5-1-3-6-4-2-5;/h1-4H,(H,6,7);. The van der Waals surface area contributed by atoms with E-state index < -0.39 is 0 Å². The van der Waals surface area contributed by atoms with Gasteiger partial charge in [0.1, 0.15) is 0 Å². The molecule has 0 saturated heterocycles. The Balaban J connectivity index is 0.000000490. The first kappa shape index (κ1) is 7.57. The van der Waals surface area contributed by atoms with Crippen LogP contribution in [0.25, 0.3) is 0 Å². The second kappa shape index (κ2) is 3.56. The molecule has 0 aliphatic rings. The molecule has 44 valence electrons. The third-order valence-electron chi connectivity index (χ3n) is 0.688. The summed E-state index contributed by atoms with van der Waals surface area (Å²) in [7, 11) is 0. The predicted molar refractivity (Wildman–Crippen MR) is 27.1 cm³/mol. The van der Waals surface area contributed by atoms with Crippen LogP contribution in [0.15, 0.2) is 29.3 Å². The van der Waals surface area contributed by atoms with Crippen molar-refractivity contribution in [3.63, 3.8) is 0 Å². The maximum atomic E-state index is 10.2. The van der Waals surface area contributed by atoms with E-state index >= 15 is 0 Å². The number of hydrogen-bond donors (Lipinski definition) is 1. The molecule has 0 aromatic carbocycles. The zero-order valence-electron chi connectivity index (χ0n) is 4.07. The van der Waals surface area contributed by atoms with E-state index in [2.05, 4.69) is 4.98 Å². The van der Waals surface area contributed by atoms with Crippen LogP contribution < -0.4 is 5.43 Å². The van der Waals surface area contributed by atoms with Crippen molar-refractivity contribution in [2.24, 2.45) is 0 Å². The van der Waals surface area contributed by atoms with Crippen LogP contribution in [0, 0.1) is 0 Å². The molecule has 0 atom stereocenters. The van der Waals surface area contributed by atoms with Crippen LogP contribution in [0.5, 0.6) is 0 Å². The number of aromatic nitrogens is 1. The van der Waals surface area contributed by atoms with Crippen LogP contribution in [-0.4, -0.2) is 4.98 Å². The fourth-order valence-electron chi connectivity index (χ4n) is 0.372. The van der Waals surface area contributed by atoms with Gasteiger partial charge < -0.3 is 4.98 Å². The minimum atomic E-state index is 0. The zero-order valence-corrected chi connectivity index (χ0v) is 5.81. The third-order valence-corrected chi connectivity index (χ3v) is 0.688. The molecule has 1 heterocycles. The van der Waals surface area contributed by atoms with Gasteiger partial charge in [0.05, 0.1) is 0 Å². The number of H-pyrrole nitrogens is 1. The van der Waals surface area contributed by atoms with Gasteiger partial charge in [-0.15, -0.1) is 0 Å². The first-order valence-corrected chi connectivity index (χ1v) is 2.03. The van der Waals surface area contributed by atoms with Gasteiger partial charge in [-0.05, 0) is 0 Å². The Hall–Kier alpha value is -0.427. The average molecular weight is 196 g/mol. The van der Waals surface area contributed by atoms with Crippen molar-refractivity contribution in [3.8, 4) is 0 Å². The van der Waals surface area contributed by atoms with Crippen molar-refractivity contribution >= 4 is 0 Å². The Morgan fingerprint density at radius 2 is 1.75 bits per heavy atom. The Bertz CT molecular complexity index is 178. The van der Waals surface area contributed by atoms with Gasteiger partial charge in [-0.3, -0.25) is 4.79 Å². The largest absolute Gasteiger partial charge is 0.367 e. The number of aromatic amines is 1. The monoisotopic (exact) mass is 197 g/mol. The Morgan fingerprint density at radius 1 is 1.25 bits per heavy atom. The maximum Gasteiger partial charge on any atom is 0.181 e. The van der Waals surface area contributed by atoms with Gasteiger partial charge in [-0.1, -0.05) is 0 Å². The van der Waals surface area contributed by atoms with E-state index in [1.807, 2.05) is 0 Å². The van der Waals surface area contributed by atoms with Crippen molar-refractivity contribution < 1.29 is 19.5 Å². The van der Waals surface area contributed by atoms with Crippen LogP contribution in [0.4, 0.5) is 0 Å². The molecule has 1 rings (SSSR count). The normalized spacial score (nSPS) is 7.50. The molecule has 3 heteroatoms. The van der Waals surface area contributed by atoms with Crippen molar-refractivity contribution in [2.75, 3.05) is 0 Å². The summed E-state index contributed by atoms with van der Waals surface area (Å²) in [5.74, 6) is 0. The molecule has 0 amide bonds. The van der Waals surface area contributed by atoms with Gasteiger partial charge in [0.2, 0.25) is 0 Å². The quantitative estimate of drug-likeness (QED) is 0.597. The number of nitrogens with one attached hydrogen (secondary N) is 1. The summed E-state index contributed by atoms with van der Waals surface area (Å²) in [5.41, 5.74) is 0.0405. The van der Waals surface area contributed by atoms with Crippen LogP contribution in [0.2, 0.25) is 0 Å². The Morgan fingerprint density at radius 3 is 2.00 bits per heavy atom. The number of rotatable bonds is 0. The van der Waals surface area contributed by atoms with Crippen LogP contribution in [0.1, 0.15) is 0 Å². The van der Waals surface area contributed by atoms with Gasteiger partial charge in [-0.25, -0.2) is 0 Å². The number of pyridine rings is 1. The molecular weight excluding hydrogens is 191 g/mol. The summed E-state index contributed by atoms with van der Waals surface area (Å²) < 4.78 is 0. The summed E-state index contributed by atoms with van der Waals surface area (Å²) >= 11 is 0. The molecule has 0 bridgehead atoms. The minimum absolute atomic E-state index is 0. The molecule has 0 radical (unpaired) electrons. The molecule has 8 heavy (non-hydrogen) atoms. The van der Waals surface area contributed by atoms with Crippen molar-refractivity contribution in [1.29, 1.82) is 0 Å². The molecule has 0 fully saturated rings. The van der Waals surface area contributed by atoms with Gasteiger partial charge >= 0.3 is 0 Å². The zero-order chi connectivity index (χ0) is 5.11. The predicted octanol–water partition coefficient (Wildman–Crippen LogP) is 0.372. The SMILES string of the molecule is O=c1cc[nH]cc1.[Ru]. The molecule has 0 saturated carbocycles. The molecule has 0 aliphatic carbocycles. The van der Waals surface area contributed by atoms with Gasteiger partial charge in [0.15, 0.2) is 5.43 Å². The van der Waals surface area contributed by atoms with Crippen LogP contribution >= 0.6 is 0 Å². The third kappa shape index (κ3) is 2.03. The summed E-state index contributed by atoms with van der Waals surface area (Å²) in [5, 5.41) is 0. The van der Waals surface area contributed by atoms with E-state index in [1.54, 1.807) is 12.4 Å². The average Bonchev–Trinajstić information content (AvgIpc) is 1.69. The molecule has 1 aromatic heterocycles. The molecule has 1 N–H and O–H groups in total. The summed E-state index contributed by atoms with van der Waals surface area (Å²) in [4.78, 5) is 13.0. The van der Waals surface area contributed by atoms with Crippen LogP contribution in [-0.2, 0) is 19.5 Å². The fraction of sp³-hybridized carbons (Fsp3) is 0. The molecule has 0 unspecified atom stereocenters. The van der Waals surface area contributed by atoms with E-state index in [-0.39, 0.29) is 24.9 Å². The van der Waals surface area contributed by atoms with E-state index in [9.17, 15) is 4.79 Å². The summed E-state index contributed by atoms with van der Waals surface area (Å²) in [6, 6.07) is 2.94. The second-order valence-electron chi connectivity index (χ2n) is 1.24. The van der Waals surface area contributed by atoms with Crippen LogP contribution in [0.3, 0.4) is 0 Å². The topological polar surface area (TPSA) is 32.9 Å². The van der Waals surface area contributed by atoms with Gasteiger partial charge in [0, 0.05) is 44.0 Å². The van der Waals surface area contributed by atoms with Gasteiger partial charge in [-0.2, -0.15) is 0 Å². The van der Waals surface area contributed by atoms with E-state index in [4.69, 9.17) is 0 Å². The molecule has 2 nitrogen and oxygen atoms in total. The Labute approximate surface area is 59.7 Å². The molecule has 0 spiro atoms. The summed E-state index contributed by atoms with van der Waals surface area (Å²) in [6.45, 7) is 0. The maximum absolute atomic E-state index is 10.2. The van der Waals surface area contributed by atoms with Crippen molar-refractivity contribution in [2.45, 2.75) is 0 Å². The van der Waals surface area contributed by atoms with E-state index in [0.717, 1.165) is 0 Å². The van der Waals surface area contributed by atoms with Gasteiger partial charge in [0.25, 0.3) is 0 Å². The molecule has 1 aromatic rings. The molecule has 0 aliphatic heterocycles. The molecular formula is C5H5NORu. The van der Waals surface area contributed by atoms with Crippen molar-refractivity contribution in [3.05, 3.63) is 34.7 Å². The Kier molecular flexibility index (Phi) is 3.37. The smallest absolute Gasteiger partial charge is 0.181 e. The fourth-order valence-corrected chi connectivity index (χ4v) is 0.372. The first-order chi connectivity index (χ1) is 3.39.